The zero-order valence-corrected chi connectivity index (χ0v) is 13.2. The normalized spacial score (nSPS) is 12.7. The molecule has 0 heterocycles. The molecule has 21 heavy (non-hydrogen) atoms. The van der Waals surface area contributed by atoms with E-state index in [0.29, 0.717) is 6.54 Å². The van der Waals surface area contributed by atoms with E-state index in [9.17, 15) is 9.90 Å². The van der Waals surface area contributed by atoms with Crippen molar-refractivity contribution in [1.29, 1.82) is 0 Å². The van der Waals surface area contributed by atoms with Crippen LogP contribution in [0.3, 0.4) is 0 Å². The third-order valence-electron chi connectivity index (χ3n) is 2.88. The number of rotatable bonds is 4. The van der Waals surface area contributed by atoms with E-state index in [-0.39, 0.29) is 23.1 Å². The monoisotopic (exact) mass is 296 g/mol. The molecule has 1 amide bonds. The number of hydrogen-bond donors (Lipinski definition) is 3. The third-order valence-corrected chi connectivity index (χ3v) is 2.88. The second-order valence-electron chi connectivity index (χ2n) is 5.88. The van der Waals surface area contributed by atoms with Gasteiger partial charge in [0.15, 0.2) is 11.5 Å². The molecule has 1 rings (SSSR count). The van der Waals surface area contributed by atoms with Gasteiger partial charge < -0.3 is 20.3 Å². The summed E-state index contributed by atoms with van der Waals surface area (Å²) in [6, 6.07) is 3.37. The molecule has 0 spiro atoms. The van der Waals surface area contributed by atoms with Crippen LogP contribution in [0.1, 0.15) is 39.2 Å². The second kappa shape index (κ2) is 6.67. The van der Waals surface area contributed by atoms with Crippen LogP contribution in [0, 0.1) is 0 Å². The second-order valence-corrected chi connectivity index (χ2v) is 5.88. The number of nitrogens with one attached hydrogen (secondary N) is 1. The lowest BCUT2D eigenvalue weighted by molar-refractivity contribution is 0.0635. The maximum Gasteiger partial charge on any atom is 0.412 e. The van der Waals surface area contributed by atoms with E-state index in [1.54, 1.807) is 32.9 Å². The van der Waals surface area contributed by atoms with Crippen LogP contribution in [0.2, 0.25) is 0 Å². The van der Waals surface area contributed by atoms with Crippen LogP contribution in [-0.2, 0) is 4.74 Å². The quantitative estimate of drug-likeness (QED) is 0.743. The smallest absolute Gasteiger partial charge is 0.412 e. The molecule has 0 bridgehead atoms. The van der Waals surface area contributed by atoms with Gasteiger partial charge in [0.2, 0.25) is 0 Å². The highest BCUT2D eigenvalue weighted by atomic mass is 16.6. The van der Waals surface area contributed by atoms with Gasteiger partial charge in [-0.05, 0) is 50.9 Å². The van der Waals surface area contributed by atoms with Crippen molar-refractivity contribution < 1.29 is 19.4 Å². The van der Waals surface area contributed by atoms with E-state index in [4.69, 9.17) is 15.2 Å². The fourth-order valence-electron chi connectivity index (χ4n) is 1.71. The Morgan fingerprint density at radius 2 is 2.05 bits per heavy atom. The van der Waals surface area contributed by atoms with E-state index in [0.717, 1.165) is 5.56 Å². The number of anilines is 1. The van der Waals surface area contributed by atoms with E-state index < -0.39 is 11.7 Å². The number of amides is 1. The van der Waals surface area contributed by atoms with Gasteiger partial charge in [0.25, 0.3) is 0 Å². The molecular formula is C15H24N2O4. The molecule has 4 N–H and O–H groups in total. The number of phenolic OH excluding ortho intramolecular Hbond substituents is 1. The molecule has 1 atom stereocenters. The van der Waals surface area contributed by atoms with Gasteiger partial charge in [-0.2, -0.15) is 0 Å². The van der Waals surface area contributed by atoms with E-state index in [2.05, 4.69) is 5.32 Å². The Kier molecular flexibility index (Phi) is 5.43. The molecule has 118 valence electrons. The van der Waals surface area contributed by atoms with E-state index in [1.165, 1.54) is 7.11 Å². The number of carbonyl (C=O) groups excluding carboxylic acids is 1. The molecular weight excluding hydrogens is 272 g/mol. The number of phenols is 1. The number of aromatic hydroxyl groups is 1. The van der Waals surface area contributed by atoms with Crippen LogP contribution in [-0.4, -0.2) is 30.5 Å². The fraction of sp³-hybridized carbons (Fsp3) is 0.533. The molecule has 0 saturated heterocycles. The van der Waals surface area contributed by atoms with Crippen LogP contribution in [0.5, 0.6) is 11.5 Å². The highest BCUT2D eigenvalue weighted by Crippen LogP contribution is 2.37. The minimum absolute atomic E-state index is 0.0682. The SMILES string of the molecule is COc1cc(C(C)CN)cc(NC(=O)OC(C)(C)C)c1O. The molecule has 6 heteroatoms. The van der Waals surface area contributed by atoms with Crippen molar-refractivity contribution in [1.82, 2.24) is 0 Å². The predicted octanol–water partition coefficient (Wildman–Crippen LogP) is 2.81. The summed E-state index contributed by atoms with van der Waals surface area (Å²) < 4.78 is 10.3. The molecule has 0 saturated carbocycles. The van der Waals surface area contributed by atoms with Crippen molar-refractivity contribution >= 4 is 11.8 Å². The summed E-state index contributed by atoms with van der Waals surface area (Å²) in [6.07, 6.45) is -0.641. The summed E-state index contributed by atoms with van der Waals surface area (Å²) in [5, 5.41) is 12.6. The Bertz CT molecular complexity index is 509. The van der Waals surface area contributed by atoms with Gasteiger partial charge >= 0.3 is 6.09 Å². The molecule has 1 aromatic carbocycles. The Morgan fingerprint density at radius 1 is 1.43 bits per heavy atom. The Hall–Kier alpha value is -1.95. The van der Waals surface area contributed by atoms with Gasteiger partial charge in [-0.25, -0.2) is 4.79 Å². The first-order valence-corrected chi connectivity index (χ1v) is 6.79. The van der Waals surface area contributed by atoms with Gasteiger partial charge in [-0.15, -0.1) is 0 Å². The molecule has 1 aromatic rings. The zero-order valence-electron chi connectivity index (χ0n) is 13.2. The zero-order chi connectivity index (χ0) is 16.2. The highest BCUT2D eigenvalue weighted by molar-refractivity contribution is 5.88. The Labute approximate surface area is 125 Å². The number of carbonyl (C=O) groups is 1. The average Bonchev–Trinajstić information content (AvgIpc) is 2.37. The van der Waals surface area contributed by atoms with Crippen molar-refractivity contribution in [2.24, 2.45) is 5.73 Å². The highest BCUT2D eigenvalue weighted by Gasteiger charge is 2.20. The van der Waals surface area contributed by atoms with Crippen LogP contribution >= 0.6 is 0 Å². The van der Waals surface area contributed by atoms with Crippen LogP contribution < -0.4 is 15.8 Å². The van der Waals surface area contributed by atoms with E-state index >= 15 is 0 Å². The van der Waals surface area contributed by atoms with E-state index in [1.807, 2.05) is 6.92 Å². The largest absolute Gasteiger partial charge is 0.503 e. The molecule has 0 radical (unpaired) electrons. The molecule has 0 aliphatic heterocycles. The third kappa shape index (κ3) is 4.82. The lowest BCUT2D eigenvalue weighted by Crippen LogP contribution is -2.27. The van der Waals surface area contributed by atoms with Crippen LogP contribution in [0.25, 0.3) is 0 Å². The Morgan fingerprint density at radius 3 is 2.52 bits per heavy atom. The summed E-state index contributed by atoms with van der Waals surface area (Å²) in [6.45, 7) is 7.68. The first-order chi connectivity index (χ1) is 9.67. The first kappa shape index (κ1) is 17.1. The van der Waals surface area contributed by atoms with Crippen molar-refractivity contribution in [3.8, 4) is 11.5 Å². The summed E-state index contributed by atoms with van der Waals surface area (Å²) in [7, 11) is 1.45. The number of methoxy groups -OCH3 is 1. The summed E-state index contributed by atoms with van der Waals surface area (Å²) in [5.74, 6) is 0.203. The summed E-state index contributed by atoms with van der Waals surface area (Å²) in [5.41, 5.74) is 6.13. The molecule has 0 aliphatic rings. The van der Waals surface area contributed by atoms with Gasteiger partial charge in [0, 0.05) is 0 Å². The van der Waals surface area contributed by atoms with Crippen molar-refractivity contribution in [3.05, 3.63) is 17.7 Å². The molecule has 1 unspecified atom stereocenters. The van der Waals surface area contributed by atoms with Gasteiger partial charge in [0.1, 0.15) is 5.60 Å². The van der Waals surface area contributed by atoms with Crippen LogP contribution in [0.15, 0.2) is 12.1 Å². The molecule has 0 aliphatic carbocycles. The fourth-order valence-corrected chi connectivity index (χ4v) is 1.71. The summed E-state index contributed by atoms with van der Waals surface area (Å²) in [4.78, 5) is 11.8. The number of ether oxygens (including phenoxy) is 2. The predicted molar refractivity (Wildman–Crippen MR) is 82.0 cm³/mol. The number of nitrogens with two attached hydrogens (primary N) is 1. The standard InChI is InChI=1S/C15H24N2O4/c1-9(8-16)10-6-11(13(18)12(7-10)20-5)17-14(19)21-15(2,3)4/h6-7,9,18H,8,16H2,1-5H3,(H,17,19). The lowest BCUT2D eigenvalue weighted by atomic mass is 10.00. The van der Waals surface area contributed by atoms with Gasteiger partial charge in [0.05, 0.1) is 12.8 Å². The maximum atomic E-state index is 11.8. The van der Waals surface area contributed by atoms with Crippen LogP contribution in [0.4, 0.5) is 10.5 Å². The first-order valence-electron chi connectivity index (χ1n) is 6.79. The van der Waals surface area contributed by atoms with Crippen molar-refractivity contribution in [2.45, 2.75) is 39.2 Å². The topological polar surface area (TPSA) is 93.8 Å². The molecule has 0 fully saturated rings. The number of hydrogen-bond acceptors (Lipinski definition) is 5. The van der Waals surface area contributed by atoms with Gasteiger partial charge in [-0.1, -0.05) is 6.92 Å². The molecule has 0 aromatic heterocycles. The van der Waals surface area contributed by atoms with Crippen molar-refractivity contribution in [3.63, 3.8) is 0 Å². The maximum absolute atomic E-state index is 11.8. The molecule has 6 nitrogen and oxygen atoms in total. The number of benzene rings is 1. The average molecular weight is 296 g/mol. The summed E-state index contributed by atoms with van der Waals surface area (Å²) >= 11 is 0. The van der Waals surface area contributed by atoms with Gasteiger partial charge in [-0.3, -0.25) is 5.32 Å². The minimum Gasteiger partial charge on any atom is -0.503 e. The lowest BCUT2D eigenvalue weighted by Gasteiger charge is -2.21. The Balaban J connectivity index is 3.07. The minimum atomic E-state index is -0.641. The van der Waals surface area contributed by atoms with Crippen molar-refractivity contribution in [2.75, 3.05) is 19.0 Å².